The van der Waals surface area contributed by atoms with E-state index in [2.05, 4.69) is 25.8 Å². The average molecular weight is 572 g/mol. The third-order valence-corrected chi connectivity index (χ3v) is 4.60. The largest absolute Gasteiger partial charge is 0.493 e. The highest BCUT2D eigenvalue weighted by Crippen LogP contribution is 2.26. The number of ether oxygens (including phenoxy) is 2. The molecule has 1 heterocycles. The Morgan fingerprint density at radius 2 is 1.94 bits per heavy atom. The molecule has 2 N–H and O–H groups in total. The molecule has 32 heavy (non-hydrogen) atoms. The third-order valence-electron chi connectivity index (χ3n) is 4.36. The van der Waals surface area contributed by atoms with Gasteiger partial charge >= 0.3 is 0 Å². The van der Waals surface area contributed by atoms with Gasteiger partial charge < -0.3 is 24.6 Å². The van der Waals surface area contributed by atoms with Crippen LogP contribution in [0, 0.1) is 0 Å². The molecule has 1 aromatic heterocycles. The van der Waals surface area contributed by atoms with Crippen LogP contribution in [-0.2, 0) is 6.42 Å². The van der Waals surface area contributed by atoms with Crippen molar-refractivity contribution in [2.45, 2.75) is 19.4 Å². The Kier molecular flexibility index (Phi) is 10.5. The summed E-state index contributed by atoms with van der Waals surface area (Å²) in [6.45, 7) is 3.12. The molecule has 0 saturated heterocycles. The third kappa shape index (κ3) is 7.56. The molecule has 1 unspecified atom stereocenters. The zero-order valence-corrected chi connectivity index (χ0v) is 21.3. The number of aromatic nitrogens is 2. The van der Waals surface area contributed by atoms with Crippen molar-refractivity contribution in [1.29, 1.82) is 0 Å². The monoisotopic (exact) mass is 571 g/mol. The van der Waals surface area contributed by atoms with Crippen LogP contribution in [0.3, 0.4) is 0 Å². The molecule has 0 radical (unpaired) electrons. The van der Waals surface area contributed by atoms with Crippen LogP contribution in [0.2, 0.25) is 5.02 Å². The van der Waals surface area contributed by atoms with Crippen LogP contribution in [0.25, 0.3) is 11.4 Å². The number of aliphatic imine (C=N–C) groups is 1. The van der Waals surface area contributed by atoms with Gasteiger partial charge in [0.25, 0.3) is 0 Å². The first-order valence-corrected chi connectivity index (χ1v) is 10.3. The number of methoxy groups -OCH3 is 1. The molecule has 0 aliphatic rings. The summed E-state index contributed by atoms with van der Waals surface area (Å²) in [6.07, 6.45) is 0.465. The highest BCUT2D eigenvalue weighted by molar-refractivity contribution is 14.0. The van der Waals surface area contributed by atoms with Crippen LogP contribution in [0.4, 0.5) is 0 Å². The molecule has 2 aromatic carbocycles. The van der Waals surface area contributed by atoms with Gasteiger partial charge in [-0.05, 0) is 31.2 Å². The van der Waals surface area contributed by atoms with Crippen molar-refractivity contribution in [3.63, 3.8) is 0 Å². The molecule has 0 amide bonds. The maximum atomic E-state index is 6.02. The van der Waals surface area contributed by atoms with Crippen LogP contribution in [0.5, 0.6) is 11.5 Å². The fraction of sp³-hybridized carbons (Fsp3) is 0.318. The molecule has 0 fully saturated rings. The minimum Gasteiger partial charge on any atom is -0.493 e. The number of halogens is 2. The summed E-state index contributed by atoms with van der Waals surface area (Å²) in [5.74, 6) is 3.11. The van der Waals surface area contributed by atoms with Gasteiger partial charge in [0.15, 0.2) is 17.5 Å². The topological polar surface area (TPSA) is 93.8 Å². The van der Waals surface area contributed by atoms with Gasteiger partial charge in [-0.15, -0.1) is 24.0 Å². The first-order chi connectivity index (χ1) is 15.1. The molecule has 1 atom stereocenters. The van der Waals surface area contributed by atoms with E-state index in [4.69, 9.17) is 25.6 Å². The summed E-state index contributed by atoms with van der Waals surface area (Å²) in [4.78, 5) is 8.64. The van der Waals surface area contributed by atoms with Gasteiger partial charge in [0, 0.05) is 30.6 Å². The first-order valence-electron chi connectivity index (χ1n) is 9.91. The van der Waals surface area contributed by atoms with Crippen molar-refractivity contribution in [3.05, 3.63) is 59.4 Å². The summed E-state index contributed by atoms with van der Waals surface area (Å²) in [5, 5.41) is 11.1. The van der Waals surface area contributed by atoms with Gasteiger partial charge in [-0.2, -0.15) is 4.98 Å². The minimum absolute atomic E-state index is 0. The second kappa shape index (κ2) is 13.1. The molecule has 0 bridgehead atoms. The van der Waals surface area contributed by atoms with E-state index >= 15 is 0 Å². The Hall–Kier alpha value is -2.53. The lowest BCUT2D eigenvalue weighted by Gasteiger charge is -2.18. The second-order valence-electron chi connectivity index (χ2n) is 6.73. The molecule has 3 aromatic rings. The summed E-state index contributed by atoms with van der Waals surface area (Å²) >= 11 is 6.02. The van der Waals surface area contributed by atoms with Crippen molar-refractivity contribution >= 4 is 41.5 Å². The van der Waals surface area contributed by atoms with Crippen molar-refractivity contribution < 1.29 is 14.0 Å². The average Bonchev–Trinajstić information content (AvgIpc) is 3.25. The first kappa shape index (κ1) is 25.7. The predicted octanol–water partition coefficient (Wildman–Crippen LogP) is 4.19. The molecular weight excluding hydrogens is 545 g/mol. The maximum absolute atomic E-state index is 6.02. The summed E-state index contributed by atoms with van der Waals surface area (Å²) in [7, 11) is 3.34. The number of nitrogens with one attached hydrogen (secondary N) is 2. The fourth-order valence-electron chi connectivity index (χ4n) is 2.82. The van der Waals surface area contributed by atoms with E-state index in [0.29, 0.717) is 53.7 Å². The Morgan fingerprint density at radius 3 is 2.66 bits per heavy atom. The number of rotatable bonds is 9. The van der Waals surface area contributed by atoms with E-state index in [-0.39, 0.29) is 30.1 Å². The molecule has 0 saturated carbocycles. The number of nitrogens with zero attached hydrogens (tertiary/aromatic N) is 3. The smallest absolute Gasteiger partial charge is 0.228 e. The summed E-state index contributed by atoms with van der Waals surface area (Å²) < 4.78 is 16.6. The summed E-state index contributed by atoms with van der Waals surface area (Å²) in [6, 6.07) is 14.9. The van der Waals surface area contributed by atoms with Crippen molar-refractivity contribution in [3.8, 4) is 22.9 Å². The van der Waals surface area contributed by atoms with E-state index in [9.17, 15) is 0 Å². The molecule has 3 rings (SSSR count). The van der Waals surface area contributed by atoms with E-state index in [1.807, 2.05) is 43.3 Å². The standard InChI is InChI=1S/C22H26ClN5O3.HI/c1-15(30-19-10-5-4-9-18(19)29-3)14-26-22(24-2)25-12-11-20-27-21(28-31-20)16-7-6-8-17(23)13-16;/h4-10,13,15H,11-12,14H2,1-3H3,(H2,24,25,26);1H. The van der Waals surface area contributed by atoms with Gasteiger partial charge in [-0.1, -0.05) is 41.0 Å². The predicted molar refractivity (Wildman–Crippen MR) is 136 cm³/mol. The quantitative estimate of drug-likeness (QED) is 0.226. The van der Waals surface area contributed by atoms with E-state index in [1.165, 1.54) is 0 Å². The van der Waals surface area contributed by atoms with Gasteiger partial charge in [-0.25, -0.2) is 0 Å². The lowest BCUT2D eigenvalue weighted by atomic mass is 10.2. The number of para-hydroxylation sites is 2. The van der Waals surface area contributed by atoms with Crippen LogP contribution in [0.1, 0.15) is 12.8 Å². The van der Waals surface area contributed by atoms with E-state index in [0.717, 1.165) is 5.56 Å². The second-order valence-corrected chi connectivity index (χ2v) is 7.17. The fourth-order valence-corrected chi connectivity index (χ4v) is 3.01. The van der Waals surface area contributed by atoms with Crippen molar-refractivity contribution in [2.75, 3.05) is 27.2 Å². The highest BCUT2D eigenvalue weighted by Gasteiger charge is 2.11. The van der Waals surface area contributed by atoms with Crippen LogP contribution >= 0.6 is 35.6 Å². The molecule has 172 valence electrons. The normalized spacial score (nSPS) is 11.9. The Balaban J connectivity index is 0.00000363. The molecule has 0 aliphatic carbocycles. The molecule has 8 nitrogen and oxygen atoms in total. The maximum Gasteiger partial charge on any atom is 0.228 e. The number of guanidine groups is 1. The van der Waals surface area contributed by atoms with Gasteiger partial charge in [-0.3, -0.25) is 4.99 Å². The molecular formula is C22H27ClIN5O3. The summed E-state index contributed by atoms with van der Waals surface area (Å²) in [5.41, 5.74) is 0.817. The Morgan fingerprint density at radius 1 is 1.16 bits per heavy atom. The lowest BCUT2D eigenvalue weighted by Crippen LogP contribution is -2.42. The Labute approximate surface area is 209 Å². The molecule has 10 heteroatoms. The van der Waals surface area contributed by atoms with Gasteiger partial charge in [0.05, 0.1) is 13.7 Å². The van der Waals surface area contributed by atoms with Crippen LogP contribution in [0.15, 0.2) is 58.0 Å². The lowest BCUT2D eigenvalue weighted by molar-refractivity contribution is 0.213. The number of hydrogen-bond acceptors (Lipinski definition) is 6. The highest BCUT2D eigenvalue weighted by atomic mass is 127. The van der Waals surface area contributed by atoms with Crippen LogP contribution in [-0.4, -0.2) is 49.5 Å². The van der Waals surface area contributed by atoms with Gasteiger partial charge in [0.2, 0.25) is 11.7 Å². The number of hydrogen-bond donors (Lipinski definition) is 2. The number of benzene rings is 2. The van der Waals surface area contributed by atoms with E-state index in [1.54, 1.807) is 26.3 Å². The zero-order valence-electron chi connectivity index (χ0n) is 18.2. The Bertz CT molecular complexity index is 1010. The van der Waals surface area contributed by atoms with Crippen molar-refractivity contribution in [2.24, 2.45) is 4.99 Å². The molecule has 0 aliphatic heterocycles. The van der Waals surface area contributed by atoms with Gasteiger partial charge in [0.1, 0.15) is 6.10 Å². The zero-order chi connectivity index (χ0) is 22.1. The van der Waals surface area contributed by atoms with E-state index < -0.39 is 0 Å². The SMILES string of the molecule is CN=C(NCCc1nc(-c2cccc(Cl)c2)no1)NCC(C)Oc1ccccc1OC.I. The van der Waals surface area contributed by atoms with Crippen molar-refractivity contribution in [1.82, 2.24) is 20.8 Å². The molecule has 0 spiro atoms. The minimum atomic E-state index is -0.0916. The van der Waals surface area contributed by atoms with Crippen LogP contribution < -0.4 is 20.1 Å².